The van der Waals surface area contributed by atoms with Gasteiger partial charge < -0.3 is 5.32 Å². The smallest absolute Gasteiger partial charge is 0.175 e. The van der Waals surface area contributed by atoms with E-state index in [2.05, 4.69) is 5.32 Å². The number of anilines is 1. The van der Waals surface area contributed by atoms with Crippen molar-refractivity contribution in [3.05, 3.63) is 58.4 Å². The monoisotopic (exact) mass is 327 g/mol. The van der Waals surface area contributed by atoms with Crippen LogP contribution in [0.2, 0.25) is 5.02 Å². The van der Waals surface area contributed by atoms with Gasteiger partial charge in [0.05, 0.1) is 15.6 Å². The SMILES string of the molecule is Cc1cc(F)ccc1CNc1cc(S(C)(=O)=O)ccc1Cl. The number of rotatable bonds is 4. The molecule has 0 spiro atoms. The van der Waals surface area contributed by atoms with Crippen LogP contribution in [0.15, 0.2) is 41.3 Å². The molecule has 112 valence electrons. The first-order valence-electron chi connectivity index (χ1n) is 6.26. The van der Waals surface area contributed by atoms with Crippen LogP contribution < -0.4 is 5.32 Å². The molecule has 0 unspecified atom stereocenters. The van der Waals surface area contributed by atoms with E-state index in [-0.39, 0.29) is 10.7 Å². The molecule has 0 aliphatic carbocycles. The van der Waals surface area contributed by atoms with Gasteiger partial charge in [0.2, 0.25) is 0 Å². The van der Waals surface area contributed by atoms with E-state index in [0.717, 1.165) is 17.4 Å². The van der Waals surface area contributed by atoms with Gasteiger partial charge in [-0.2, -0.15) is 0 Å². The second-order valence-corrected chi connectivity index (χ2v) is 7.26. The van der Waals surface area contributed by atoms with Crippen LogP contribution in [-0.4, -0.2) is 14.7 Å². The molecular formula is C15H15ClFNO2S. The number of hydrogen-bond acceptors (Lipinski definition) is 3. The van der Waals surface area contributed by atoms with Gasteiger partial charge >= 0.3 is 0 Å². The third-order valence-electron chi connectivity index (χ3n) is 3.14. The third kappa shape index (κ3) is 3.95. The Labute approximate surface area is 128 Å². The van der Waals surface area contributed by atoms with Crippen LogP contribution in [0.3, 0.4) is 0 Å². The van der Waals surface area contributed by atoms with Gasteiger partial charge in [-0.1, -0.05) is 17.7 Å². The lowest BCUT2D eigenvalue weighted by molar-refractivity contribution is 0.602. The topological polar surface area (TPSA) is 46.2 Å². The number of halogens is 2. The highest BCUT2D eigenvalue weighted by molar-refractivity contribution is 7.90. The average molecular weight is 328 g/mol. The molecule has 0 saturated carbocycles. The first-order valence-corrected chi connectivity index (χ1v) is 8.53. The lowest BCUT2D eigenvalue weighted by Gasteiger charge is -2.12. The highest BCUT2D eigenvalue weighted by Gasteiger charge is 2.10. The van der Waals surface area contributed by atoms with Crippen LogP contribution in [-0.2, 0) is 16.4 Å². The molecule has 6 heteroatoms. The summed E-state index contributed by atoms with van der Waals surface area (Å²) in [5, 5.41) is 3.52. The van der Waals surface area contributed by atoms with E-state index in [9.17, 15) is 12.8 Å². The molecular weight excluding hydrogens is 313 g/mol. The van der Waals surface area contributed by atoms with Crippen molar-refractivity contribution < 1.29 is 12.8 Å². The van der Waals surface area contributed by atoms with E-state index in [0.29, 0.717) is 17.3 Å². The lowest BCUT2D eigenvalue weighted by Crippen LogP contribution is -2.04. The second kappa shape index (κ2) is 6.03. The number of sulfone groups is 1. The predicted octanol–water partition coefficient (Wildman–Crippen LogP) is 3.80. The number of hydrogen-bond donors (Lipinski definition) is 1. The molecule has 2 aromatic rings. The first kappa shape index (κ1) is 15.8. The summed E-state index contributed by atoms with van der Waals surface area (Å²) in [6.07, 6.45) is 1.14. The summed E-state index contributed by atoms with van der Waals surface area (Å²) in [5.74, 6) is -0.284. The molecule has 0 amide bonds. The van der Waals surface area contributed by atoms with E-state index in [1.165, 1.54) is 30.3 Å². The van der Waals surface area contributed by atoms with E-state index in [4.69, 9.17) is 11.6 Å². The summed E-state index contributed by atoms with van der Waals surface area (Å²) < 4.78 is 36.2. The van der Waals surface area contributed by atoms with Gasteiger partial charge in [0.25, 0.3) is 0 Å². The summed E-state index contributed by atoms with van der Waals surface area (Å²) in [6, 6.07) is 9.02. The van der Waals surface area contributed by atoms with E-state index in [1.54, 1.807) is 6.07 Å². The van der Waals surface area contributed by atoms with Gasteiger partial charge in [0.15, 0.2) is 9.84 Å². The molecule has 0 aliphatic rings. The molecule has 2 aromatic carbocycles. The Balaban J connectivity index is 2.23. The van der Waals surface area contributed by atoms with Crippen LogP contribution in [0.1, 0.15) is 11.1 Å². The first-order chi connectivity index (χ1) is 9.77. The van der Waals surface area contributed by atoms with Crippen LogP contribution in [0.25, 0.3) is 0 Å². The lowest BCUT2D eigenvalue weighted by atomic mass is 10.1. The van der Waals surface area contributed by atoms with Crippen molar-refractivity contribution in [3.63, 3.8) is 0 Å². The fourth-order valence-corrected chi connectivity index (χ4v) is 2.75. The van der Waals surface area contributed by atoms with Crippen LogP contribution >= 0.6 is 11.6 Å². The standard InChI is InChI=1S/C15H15ClFNO2S/c1-10-7-12(17)4-3-11(10)9-18-15-8-13(21(2,19)20)5-6-14(15)16/h3-8,18H,9H2,1-2H3. The minimum atomic E-state index is -3.29. The Morgan fingerprint density at radius 2 is 1.90 bits per heavy atom. The van der Waals surface area contributed by atoms with Gasteiger partial charge in [0, 0.05) is 12.8 Å². The highest BCUT2D eigenvalue weighted by atomic mass is 35.5. The molecule has 0 aromatic heterocycles. The van der Waals surface area contributed by atoms with E-state index >= 15 is 0 Å². The van der Waals surface area contributed by atoms with Crippen LogP contribution in [0, 0.1) is 12.7 Å². The quantitative estimate of drug-likeness (QED) is 0.929. The summed E-state index contributed by atoms with van der Waals surface area (Å²) in [4.78, 5) is 0.199. The van der Waals surface area contributed by atoms with Gasteiger partial charge in [-0.3, -0.25) is 0 Å². The molecule has 0 atom stereocenters. The van der Waals surface area contributed by atoms with Crippen LogP contribution in [0.4, 0.5) is 10.1 Å². The van der Waals surface area contributed by atoms with Gasteiger partial charge in [-0.15, -0.1) is 0 Å². The van der Waals surface area contributed by atoms with Crippen molar-refractivity contribution in [1.82, 2.24) is 0 Å². The fraction of sp³-hybridized carbons (Fsp3) is 0.200. The van der Waals surface area contributed by atoms with Crippen molar-refractivity contribution in [2.45, 2.75) is 18.4 Å². The molecule has 0 bridgehead atoms. The molecule has 0 aliphatic heterocycles. The molecule has 3 nitrogen and oxygen atoms in total. The Morgan fingerprint density at radius 3 is 2.52 bits per heavy atom. The highest BCUT2D eigenvalue weighted by Crippen LogP contribution is 2.26. The Hall–Kier alpha value is -1.59. The fourth-order valence-electron chi connectivity index (χ4n) is 1.92. The molecule has 0 radical (unpaired) electrons. The maximum Gasteiger partial charge on any atom is 0.175 e. The molecule has 0 saturated heterocycles. The van der Waals surface area contributed by atoms with Crippen LogP contribution in [0.5, 0.6) is 0 Å². The minimum absolute atomic E-state index is 0.199. The summed E-state index contributed by atoms with van der Waals surface area (Å²) in [7, 11) is -3.29. The summed E-state index contributed by atoms with van der Waals surface area (Å²) >= 11 is 6.06. The van der Waals surface area contributed by atoms with Crippen molar-refractivity contribution in [3.8, 4) is 0 Å². The van der Waals surface area contributed by atoms with Gasteiger partial charge in [-0.05, 0) is 48.4 Å². The van der Waals surface area contributed by atoms with Gasteiger partial charge in [0.1, 0.15) is 5.82 Å². The molecule has 0 heterocycles. The maximum absolute atomic E-state index is 13.1. The second-order valence-electron chi connectivity index (χ2n) is 4.84. The minimum Gasteiger partial charge on any atom is -0.380 e. The van der Waals surface area contributed by atoms with Crippen molar-refractivity contribution in [2.75, 3.05) is 11.6 Å². The number of benzene rings is 2. The zero-order valence-corrected chi connectivity index (χ0v) is 13.2. The van der Waals surface area contributed by atoms with E-state index in [1.807, 2.05) is 6.92 Å². The van der Waals surface area contributed by atoms with Crippen molar-refractivity contribution in [1.29, 1.82) is 0 Å². The number of aryl methyl sites for hydroxylation is 1. The maximum atomic E-state index is 13.1. The van der Waals surface area contributed by atoms with Crippen molar-refractivity contribution >= 4 is 27.1 Å². The summed E-state index contributed by atoms with van der Waals surface area (Å²) in [5.41, 5.74) is 2.26. The van der Waals surface area contributed by atoms with E-state index < -0.39 is 9.84 Å². The molecule has 21 heavy (non-hydrogen) atoms. The average Bonchev–Trinajstić information content (AvgIpc) is 2.38. The summed E-state index contributed by atoms with van der Waals surface area (Å²) in [6.45, 7) is 2.24. The zero-order valence-electron chi connectivity index (χ0n) is 11.7. The number of nitrogens with one attached hydrogen (secondary N) is 1. The zero-order chi connectivity index (χ0) is 15.6. The largest absolute Gasteiger partial charge is 0.380 e. The third-order valence-corrected chi connectivity index (χ3v) is 4.58. The molecule has 2 rings (SSSR count). The normalized spacial score (nSPS) is 11.4. The molecule has 0 fully saturated rings. The van der Waals surface area contributed by atoms with Gasteiger partial charge in [-0.25, -0.2) is 12.8 Å². The Kier molecular flexibility index (Phi) is 4.54. The van der Waals surface area contributed by atoms with Crippen molar-refractivity contribution in [2.24, 2.45) is 0 Å². The molecule has 1 N–H and O–H groups in total. The predicted molar refractivity (Wildman–Crippen MR) is 83.0 cm³/mol. The Bertz CT molecular complexity index is 775. The Morgan fingerprint density at radius 1 is 1.19 bits per heavy atom.